The van der Waals surface area contributed by atoms with Crippen molar-refractivity contribution in [1.29, 1.82) is 5.26 Å². The normalized spacial score (nSPS) is 14.0. The molecule has 0 unspecified atom stereocenters. The second kappa shape index (κ2) is 14.3. The molecule has 8 nitrogen and oxygen atoms in total. The van der Waals surface area contributed by atoms with Gasteiger partial charge in [0.05, 0.1) is 33.0 Å². The number of amides is 1. The maximum Gasteiger partial charge on any atom is 0.262 e. The van der Waals surface area contributed by atoms with E-state index in [1.165, 1.54) is 36.4 Å². The fraction of sp³-hybridized carbons (Fsp3) is 0.400. The van der Waals surface area contributed by atoms with E-state index in [0.29, 0.717) is 44.6 Å². The van der Waals surface area contributed by atoms with Crippen molar-refractivity contribution in [3.05, 3.63) is 59.9 Å². The smallest absolute Gasteiger partial charge is 0.262 e. The second-order valence-corrected chi connectivity index (χ2v) is 9.14. The molecule has 2 heterocycles. The summed E-state index contributed by atoms with van der Waals surface area (Å²) >= 11 is 0. The zero-order valence-corrected chi connectivity index (χ0v) is 21.9. The van der Waals surface area contributed by atoms with E-state index in [1.54, 1.807) is 13.2 Å². The Kier molecular flexibility index (Phi) is 10.3. The number of ether oxygens (including phenoxy) is 3. The minimum absolute atomic E-state index is 0.0300. The molecular formula is C30H35N3O5. The van der Waals surface area contributed by atoms with Crippen molar-refractivity contribution in [3.63, 3.8) is 0 Å². The van der Waals surface area contributed by atoms with Crippen molar-refractivity contribution in [1.82, 2.24) is 5.32 Å². The predicted molar refractivity (Wildman–Crippen MR) is 148 cm³/mol. The fourth-order valence-corrected chi connectivity index (χ4v) is 4.41. The van der Waals surface area contributed by atoms with Crippen LogP contribution in [0.1, 0.15) is 25.0 Å². The number of nitriles is 1. The molecule has 2 aromatic carbocycles. The van der Waals surface area contributed by atoms with Crippen LogP contribution in [0.4, 0.5) is 5.69 Å². The molecule has 8 heteroatoms. The molecular weight excluding hydrogens is 482 g/mol. The van der Waals surface area contributed by atoms with Gasteiger partial charge in [-0.1, -0.05) is 18.2 Å². The van der Waals surface area contributed by atoms with Gasteiger partial charge in [0, 0.05) is 44.1 Å². The Morgan fingerprint density at radius 1 is 0.974 bits per heavy atom. The Morgan fingerprint density at radius 2 is 1.71 bits per heavy atom. The Hall–Kier alpha value is -3.64. The van der Waals surface area contributed by atoms with Crippen molar-refractivity contribution < 1.29 is 23.4 Å². The summed E-state index contributed by atoms with van der Waals surface area (Å²) < 4.78 is 21.6. The molecule has 0 aliphatic carbocycles. The highest BCUT2D eigenvalue weighted by Crippen LogP contribution is 2.30. The summed E-state index contributed by atoms with van der Waals surface area (Å²) in [4.78, 5) is 14.9. The summed E-state index contributed by atoms with van der Waals surface area (Å²) in [7, 11) is 1.62. The number of carbonyl (C=O) groups is 1. The highest BCUT2D eigenvalue weighted by molar-refractivity contribution is 6.01. The number of methoxy groups -OCH3 is 1. The van der Waals surface area contributed by atoms with Crippen LogP contribution in [0, 0.1) is 11.3 Å². The summed E-state index contributed by atoms with van der Waals surface area (Å²) in [5, 5.41) is 14.5. The number of nitrogens with one attached hydrogen (secondary N) is 1. The molecule has 1 fully saturated rings. The zero-order chi connectivity index (χ0) is 26.6. The van der Waals surface area contributed by atoms with Crippen LogP contribution in [-0.2, 0) is 19.0 Å². The van der Waals surface area contributed by atoms with E-state index in [-0.39, 0.29) is 12.1 Å². The highest BCUT2D eigenvalue weighted by atomic mass is 16.5. The van der Waals surface area contributed by atoms with Gasteiger partial charge in [-0.15, -0.1) is 0 Å². The molecule has 1 saturated heterocycles. The van der Waals surface area contributed by atoms with Crippen LogP contribution >= 0.6 is 0 Å². The van der Waals surface area contributed by atoms with Gasteiger partial charge in [0.2, 0.25) is 0 Å². The van der Waals surface area contributed by atoms with E-state index >= 15 is 0 Å². The van der Waals surface area contributed by atoms with Gasteiger partial charge < -0.3 is 28.8 Å². The summed E-state index contributed by atoms with van der Waals surface area (Å²) in [5.74, 6) is 0.648. The number of piperidine rings is 1. The first-order chi connectivity index (χ1) is 18.7. The van der Waals surface area contributed by atoms with Crippen molar-refractivity contribution in [2.24, 2.45) is 0 Å². The number of anilines is 1. The molecule has 1 aliphatic rings. The molecule has 0 bridgehead atoms. The lowest BCUT2D eigenvalue weighted by molar-refractivity contribution is -0.117. The largest absolute Gasteiger partial charge is 0.457 e. The molecule has 1 aromatic heterocycles. The predicted octanol–water partition coefficient (Wildman–Crippen LogP) is 4.79. The van der Waals surface area contributed by atoms with Crippen molar-refractivity contribution in [2.45, 2.75) is 19.3 Å². The Labute approximate surface area is 223 Å². The van der Waals surface area contributed by atoms with E-state index in [9.17, 15) is 10.1 Å². The average molecular weight is 518 g/mol. The van der Waals surface area contributed by atoms with Crippen molar-refractivity contribution in [3.8, 4) is 17.4 Å². The standard InChI is InChI=1S/C30H35N3O5/c1-35-15-16-37-18-17-36-14-11-32-30(34)26(22-31)21-28-9-10-29(38-28)25-6-5-24-20-27(8-7-23(24)19-25)33-12-3-2-4-13-33/h5-10,19-21H,2-4,11-18H2,1H3,(H,32,34). The summed E-state index contributed by atoms with van der Waals surface area (Å²) in [5.41, 5.74) is 2.18. The third-order valence-electron chi connectivity index (χ3n) is 6.44. The number of nitrogens with zero attached hydrogens (tertiary/aromatic N) is 2. The van der Waals surface area contributed by atoms with Crippen molar-refractivity contribution in [2.75, 3.05) is 64.7 Å². The van der Waals surface area contributed by atoms with Crippen LogP contribution < -0.4 is 10.2 Å². The Balaban J connectivity index is 1.32. The number of benzene rings is 2. The minimum Gasteiger partial charge on any atom is -0.457 e. The molecule has 4 rings (SSSR count). The molecule has 38 heavy (non-hydrogen) atoms. The monoisotopic (exact) mass is 517 g/mol. The molecule has 200 valence electrons. The van der Waals surface area contributed by atoms with Crippen LogP contribution in [0.2, 0.25) is 0 Å². The van der Waals surface area contributed by atoms with Gasteiger partial charge in [0.15, 0.2) is 0 Å². The summed E-state index contributed by atoms with van der Waals surface area (Å²) in [6.07, 6.45) is 5.27. The fourth-order valence-electron chi connectivity index (χ4n) is 4.41. The van der Waals surface area contributed by atoms with Gasteiger partial charge in [0.1, 0.15) is 23.2 Å². The molecule has 0 spiro atoms. The van der Waals surface area contributed by atoms with Gasteiger partial charge in [-0.05, 0) is 60.4 Å². The minimum atomic E-state index is -0.472. The summed E-state index contributed by atoms with van der Waals surface area (Å²) in [6.45, 7) is 4.78. The quantitative estimate of drug-likeness (QED) is 0.198. The van der Waals surface area contributed by atoms with E-state index in [0.717, 1.165) is 24.0 Å². The molecule has 1 N–H and O–H groups in total. The van der Waals surface area contributed by atoms with Gasteiger partial charge in [-0.25, -0.2) is 0 Å². The number of hydrogen-bond acceptors (Lipinski definition) is 7. The van der Waals surface area contributed by atoms with Crippen molar-refractivity contribution >= 4 is 28.4 Å². The van der Waals surface area contributed by atoms with Gasteiger partial charge in [-0.3, -0.25) is 4.79 Å². The number of carbonyl (C=O) groups excluding carboxylic acids is 1. The molecule has 0 radical (unpaired) electrons. The van der Waals surface area contributed by atoms with E-state index in [1.807, 2.05) is 18.2 Å². The zero-order valence-electron chi connectivity index (χ0n) is 21.9. The molecule has 0 atom stereocenters. The van der Waals surface area contributed by atoms with Crippen LogP contribution in [0.15, 0.2) is 58.5 Å². The molecule has 1 aliphatic heterocycles. The van der Waals surface area contributed by atoms with Crippen LogP contribution in [0.5, 0.6) is 0 Å². The van der Waals surface area contributed by atoms with E-state index < -0.39 is 5.91 Å². The molecule has 3 aromatic rings. The number of fused-ring (bicyclic) bond motifs is 1. The first-order valence-electron chi connectivity index (χ1n) is 13.1. The third-order valence-corrected chi connectivity index (χ3v) is 6.44. The van der Waals surface area contributed by atoms with Gasteiger partial charge in [0.25, 0.3) is 5.91 Å². The number of hydrogen-bond donors (Lipinski definition) is 1. The highest BCUT2D eigenvalue weighted by Gasteiger charge is 2.13. The number of rotatable bonds is 13. The van der Waals surface area contributed by atoms with Crippen LogP contribution in [0.3, 0.4) is 0 Å². The number of furan rings is 1. The van der Waals surface area contributed by atoms with Gasteiger partial charge in [-0.2, -0.15) is 5.26 Å². The first kappa shape index (κ1) is 27.4. The maximum atomic E-state index is 12.4. The van der Waals surface area contributed by atoms with Crippen LogP contribution in [-0.4, -0.2) is 65.7 Å². The first-order valence-corrected chi connectivity index (χ1v) is 13.1. The van der Waals surface area contributed by atoms with E-state index in [4.69, 9.17) is 18.6 Å². The second-order valence-electron chi connectivity index (χ2n) is 9.14. The van der Waals surface area contributed by atoms with Crippen LogP contribution in [0.25, 0.3) is 28.2 Å². The average Bonchev–Trinajstić information content (AvgIpc) is 3.43. The molecule has 1 amide bonds. The van der Waals surface area contributed by atoms with E-state index in [2.05, 4.69) is 40.5 Å². The Bertz CT molecular complexity index is 1270. The lowest BCUT2D eigenvalue weighted by Gasteiger charge is -2.29. The lowest BCUT2D eigenvalue weighted by Crippen LogP contribution is -2.29. The summed E-state index contributed by atoms with van der Waals surface area (Å²) in [6, 6.07) is 18.4. The maximum absolute atomic E-state index is 12.4. The van der Waals surface area contributed by atoms with Gasteiger partial charge >= 0.3 is 0 Å². The Morgan fingerprint density at radius 3 is 2.50 bits per heavy atom. The SMILES string of the molecule is COCCOCCOCCNC(=O)C(C#N)=Cc1ccc(-c2ccc3cc(N4CCCCC4)ccc3c2)o1. The topological polar surface area (TPSA) is 97.0 Å². The third kappa shape index (κ3) is 7.68. The molecule has 0 saturated carbocycles. The lowest BCUT2D eigenvalue weighted by atomic mass is 10.0.